The van der Waals surface area contributed by atoms with Crippen molar-refractivity contribution in [3.05, 3.63) is 106 Å². The maximum Gasteiger partial charge on any atom is 0.240 e. The SMILES string of the molecule is C#CCNC(=O)[C@@H](CO)NCc1cc(C)c(OCc2cccc(-c3ccc4c(c3)OCCO4)c2C)cc1OCc1cccc(C#N)c1. The number of benzene rings is 4. The smallest absolute Gasteiger partial charge is 0.240 e. The summed E-state index contributed by atoms with van der Waals surface area (Å²) in [6.45, 7) is 5.54. The second kappa shape index (κ2) is 15.7. The quantitative estimate of drug-likeness (QED) is 0.177. The number of hydrogen-bond donors (Lipinski definition) is 3. The molecule has 47 heavy (non-hydrogen) atoms. The fraction of sp³-hybridized carbons (Fsp3) is 0.263. The van der Waals surface area contributed by atoms with Crippen molar-refractivity contribution in [2.75, 3.05) is 26.4 Å². The number of carbonyl (C=O) groups excluding carboxylic acids is 1. The number of rotatable bonds is 13. The van der Waals surface area contributed by atoms with Crippen LogP contribution in [0.4, 0.5) is 0 Å². The van der Waals surface area contributed by atoms with Gasteiger partial charge in [0, 0.05) is 18.2 Å². The number of amides is 1. The molecule has 4 aromatic rings. The van der Waals surface area contributed by atoms with Crippen molar-refractivity contribution in [1.29, 1.82) is 5.26 Å². The molecule has 1 amide bonds. The third-order valence-electron chi connectivity index (χ3n) is 7.89. The van der Waals surface area contributed by atoms with E-state index in [2.05, 4.69) is 35.6 Å². The van der Waals surface area contributed by atoms with E-state index in [1.807, 2.05) is 61.5 Å². The van der Waals surface area contributed by atoms with Gasteiger partial charge in [-0.05, 0) is 77.6 Å². The first-order chi connectivity index (χ1) is 22.9. The highest BCUT2D eigenvalue weighted by Gasteiger charge is 2.19. The fourth-order valence-electron chi connectivity index (χ4n) is 5.30. The predicted molar refractivity (Wildman–Crippen MR) is 178 cm³/mol. The molecule has 0 saturated carbocycles. The highest BCUT2D eigenvalue weighted by molar-refractivity contribution is 5.82. The zero-order valence-corrected chi connectivity index (χ0v) is 26.5. The van der Waals surface area contributed by atoms with Gasteiger partial charge in [-0.2, -0.15) is 5.26 Å². The van der Waals surface area contributed by atoms with Crippen molar-refractivity contribution < 1.29 is 28.8 Å². The van der Waals surface area contributed by atoms with Crippen LogP contribution in [0.15, 0.2) is 72.8 Å². The minimum Gasteiger partial charge on any atom is -0.488 e. The Balaban J connectivity index is 1.37. The zero-order chi connectivity index (χ0) is 33.2. The molecule has 3 N–H and O–H groups in total. The molecule has 4 aromatic carbocycles. The van der Waals surface area contributed by atoms with Gasteiger partial charge in [0.2, 0.25) is 5.91 Å². The lowest BCUT2D eigenvalue weighted by Gasteiger charge is -2.20. The van der Waals surface area contributed by atoms with Crippen molar-refractivity contribution in [2.24, 2.45) is 0 Å². The van der Waals surface area contributed by atoms with Gasteiger partial charge in [0.05, 0.1) is 24.8 Å². The molecule has 9 heteroatoms. The summed E-state index contributed by atoms with van der Waals surface area (Å²) in [5.74, 6) is 4.64. The minimum atomic E-state index is -0.857. The van der Waals surface area contributed by atoms with Crippen molar-refractivity contribution in [1.82, 2.24) is 10.6 Å². The molecule has 1 heterocycles. The number of nitrogens with zero attached hydrogens (tertiary/aromatic N) is 1. The first-order valence-corrected chi connectivity index (χ1v) is 15.3. The summed E-state index contributed by atoms with van der Waals surface area (Å²) in [5, 5.41) is 24.8. The summed E-state index contributed by atoms with van der Waals surface area (Å²) in [6, 6.07) is 24.4. The standard InChI is InChI=1S/C38H37N3O6/c1-4-13-40-38(43)33(22-42)41-21-31-16-25(2)35(19-36(31)46-23-28-8-5-7-27(17-28)20-39)47-24-30-9-6-10-32(26(30)3)29-11-12-34-37(18-29)45-15-14-44-34/h1,5-12,16-19,33,41-42H,13-15,21-24H2,2-3H3,(H,40,43)/t33-/m1/s1. The highest BCUT2D eigenvalue weighted by Crippen LogP contribution is 2.37. The Hall–Kier alpha value is -5.48. The van der Waals surface area contributed by atoms with E-state index in [4.69, 9.17) is 25.4 Å². The lowest BCUT2D eigenvalue weighted by Crippen LogP contribution is -2.46. The third-order valence-corrected chi connectivity index (χ3v) is 7.89. The van der Waals surface area contributed by atoms with Crippen LogP contribution in [0.1, 0.15) is 33.4 Å². The van der Waals surface area contributed by atoms with E-state index in [9.17, 15) is 15.2 Å². The van der Waals surface area contributed by atoms with Crippen LogP contribution >= 0.6 is 0 Å². The third kappa shape index (κ3) is 8.22. The van der Waals surface area contributed by atoms with Crippen LogP contribution in [0.25, 0.3) is 11.1 Å². The van der Waals surface area contributed by atoms with E-state index in [-0.39, 0.29) is 19.7 Å². The molecule has 9 nitrogen and oxygen atoms in total. The number of aliphatic hydroxyl groups is 1. The van der Waals surface area contributed by atoms with E-state index in [0.717, 1.165) is 50.4 Å². The number of terminal acetylenes is 1. The van der Waals surface area contributed by atoms with Crippen LogP contribution in [-0.4, -0.2) is 43.4 Å². The molecule has 1 aliphatic rings. The second-order valence-electron chi connectivity index (χ2n) is 11.1. The van der Waals surface area contributed by atoms with Gasteiger partial charge in [0.15, 0.2) is 11.5 Å². The summed E-state index contributed by atoms with van der Waals surface area (Å²) < 4.78 is 24.1. The lowest BCUT2D eigenvalue weighted by atomic mass is 9.96. The van der Waals surface area contributed by atoms with E-state index < -0.39 is 18.6 Å². The minimum absolute atomic E-state index is 0.0668. The fourth-order valence-corrected chi connectivity index (χ4v) is 5.30. The molecule has 0 aliphatic carbocycles. The van der Waals surface area contributed by atoms with Crippen LogP contribution in [0.3, 0.4) is 0 Å². The molecule has 5 rings (SSSR count). The van der Waals surface area contributed by atoms with Crippen molar-refractivity contribution in [3.8, 4) is 52.5 Å². The van der Waals surface area contributed by atoms with Crippen molar-refractivity contribution in [3.63, 3.8) is 0 Å². The molecule has 0 radical (unpaired) electrons. The maximum atomic E-state index is 12.4. The Labute approximate surface area is 275 Å². The molecular formula is C38H37N3O6. The number of ether oxygens (including phenoxy) is 4. The van der Waals surface area contributed by atoms with Crippen LogP contribution in [0.2, 0.25) is 0 Å². The van der Waals surface area contributed by atoms with E-state index in [1.54, 1.807) is 12.1 Å². The summed E-state index contributed by atoms with van der Waals surface area (Å²) in [7, 11) is 0. The van der Waals surface area contributed by atoms with Crippen molar-refractivity contribution in [2.45, 2.75) is 39.6 Å². The van der Waals surface area contributed by atoms with Crippen molar-refractivity contribution >= 4 is 5.91 Å². The Kier molecular flexibility index (Phi) is 11.0. The molecule has 0 spiro atoms. The molecule has 0 aromatic heterocycles. The van der Waals surface area contributed by atoms with Gasteiger partial charge in [-0.1, -0.05) is 42.3 Å². The predicted octanol–water partition coefficient (Wildman–Crippen LogP) is 4.97. The largest absolute Gasteiger partial charge is 0.488 e. The van der Waals surface area contributed by atoms with Gasteiger partial charge >= 0.3 is 0 Å². The van der Waals surface area contributed by atoms with Gasteiger partial charge in [-0.3, -0.25) is 10.1 Å². The Bertz CT molecular complexity index is 1820. The van der Waals surface area contributed by atoms with Crippen LogP contribution < -0.4 is 29.6 Å². The van der Waals surface area contributed by atoms with Gasteiger partial charge < -0.3 is 29.4 Å². The maximum absolute atomic E-state index is 12.4. The molecule has 240 valence electrons. The zero-order valence-electron chi connectivity index (χ0n) is 26.5. The Morgan fingerprint density at radius 2 is 1.74 bits per heavy atom. The summed E-state index contributed by atoms with van der Waals surface area (Å²) in [5.41, 5.74) is 7.25. The molecule has 0 unspecified atom stereocenters. The summed E-state index contributed by atoms with van der Waals surface area (Å²) >= 11 is 0. The van der Waals surface area contributed by atoms with E-state index in [1.165, 1.54) is 0 Å². The average molecular weight is 632 g/mol. The van der Waals surface area contributed by atoms with E-state index >= 15 is 0 Å². The number of fused-ring (bicyclic) bond motifs is 1. The monoisotopic (exact) mass is 631 g/mol. The Morgan fingerprint density at radius 1 is 0.957 bits per heavy atom. The van der Waals surface area contributed by atoms with Crippen LogP contribution in [-0.2, 0) is 24.6 Å². The second-order valence-corrected chi connectivity index (χ2v) is 11.1. The molecular weight excluding hydrogens is 594 g/mol. The van der Waals surface area contributed by atoms with Gasteiger partial charge in [-0.15, -0.1) is 6.42 Å². The number of aliphatic hydroxyl groups excluding tert-OH is 1. The Morgan fingerprint density at radius 3 is 2.53 bits per heavy atom. The molecule has 0 saturated heterocycles. The van der Waals surface area contributed by atoms with Gasteiger partial charge in [0.25, 0.3) is 0 Å². The molecule has 1 atom stereocenters. The lowest BCUT2D eigenvalue weighted by molar-refractivity contribution is -0.123. The summed E-state index contributed by atoms with van der Waals surface area (Å²) in [6.07, 6.45) is 5.26. The topological polar surface area (TPSA) is 122 Å². The van der Waals surface area contributed by atoms with Gasteiger partial charge in [-0.25, -0.2) is 0 Å². The number of hydrogen-bond acceptors (Lipinski definition) is 8. The number of carbonyl (C=O) groups is 1. The van der Waals surface area contributed by atoms with Crippen LogP contribution in [0, 0.1) is 37.5 Å². The number of nitriles is 1. The molecule has 1 aliphatic heterocycles. The first-order valence-electron chi connectivity index (χ1n) is 15.3. The molecule has 0 bridgehead atoms. The van der Waals surface area contributed by atoms with Crippen LogP contribution in [0.5, 0.6) is 23.0 Å². The molecule has 0 fully saturated rings. The number of nitrogens with one attached hydrogen (secondary N) is 2. The van der Waals surface area contributed by atoms with E-state index in [0.29, 0.717) is 36.9 Å². The number of aryl methyl sites for hydroxylation is 1. The van der Waals surface area contributed by atoms with Gasteiger partial charge in [0.1, 0.15) is 44.0 Å². The first kappa shape index (κ1) is 32.9. The normalized spacial score (nSPS) is 12.4. The highest BCUT2D eigenvalue weighted by atomic mass is 16.6. The average Bonchev–Trinajstić information content (AvgIpc) is 3.10. The summed E-state index contributed by atoms with van der Waals surface area (Å²) in [4.78, 5) is 12.4.